The Balaban J connectivity index is 2.36. The molecule has 0 saturated carbocycles. The van der Waals surface area contributed by atoms with E-state index in [1.807, 2.05) is 0 Å². The number of hydrogen-bond donors (Lipinski definition) is 2. The Morgan fingerprint density at radius 3 is 2.47 bits per heavy atom. The number of benzene rings is 1. The molecule has 2 rings (SSSR count). The molecule has 1 aromatic carbocycles. The number of nitrogens with one attached hydrogen (secondary N) is 1. The summed E-state index contributed by atoms with van der Waals surface area (Å²) < 4.78 is 10.4. The van der Waals surface area contributed by atoms with E-state index in [2.05, 4.69) is 10.2 Å². The molecule has 5 nitrogen and oxygen atoms in total. The normalized spacial score (nSPS) is 15.8. The molecule has 0 spiro atoms. The predicted molar refractivity (Wildman–Crippen MR) is 66.3 cm³/mol. The van der Waals surface area contributed by atoms with Crippen molar-refractivity contribution in [1.29, 1.82) is 0 Å². The Morgan fingerprint density at radius 2 is 1.88 bits per heavy atom. The zero-order valence-electron chi connectivity index (χ0n) is 10.2. The molecule has 1 fully saturated rings. The second-order valence-electron chi connectivity index (χ2n) is 3.93. The molecule has 1 aliphatic rings. The fourth-order valence-electron chi connectivity index (χ4n) is 2.05. The lowest BCUT2D eigenvalue weighted by atomic mass is 10.2. The fraction of sp³-hybridized carbons (Fsp3) is 0.500. The fourth-order valence-corrected chi connectivity index (χ4v) is 2.05. The van der Waals surface area contributed by atoms with Gasteiger partial charge in [-0.05, 0) is 0 Å². The van der Waals surface area contributed by atoms with Crippen molar-refractivity contribution in [3.63, 3.8) is 0 Å². The first-order valence-corrected chi connectivity index (χ1v) is 5.67. The Hall–Kier alpha value is -1.62. The van der Waals surface area contributed by atoms with Gasteiger partial charge in [-0.1, -0.05) is 0 Å². The number of phenols is 1. The Morgan fingerprint density at radius 1 is 1.18 bits per heavy atom. The molecule has 0 aromatic heterocycles. The van der Waals surface area contributed by atoms with Gasteiger partial charge in [0.25, 0.3) is 0 Å². The molecule has 5 heteroatoms. The third-order valence-electron chi connectivity index (χ3n) is 2.92. The highest BCUT2D eigenvalue weighted by Crippen LogP contribution is 2.40. The molecule has 1 aromatic rings. The number of nitrogens with zero attached hydrogens (tertiary/aromatic N) is 1. The minimum absolute atomic E-state index is 0.197. The molecule has 1 aliphatic heterocycles. The molecule has 2 N–H and O–H groups in total. The minimum Gasteiger partial charge on any atom is -0.505 e. The van der Waals surface area contributed by atoms with E-state index in [9.17, 15) is 5.11 Å². The van der Waals surface area contributed by atoms with Crippen LogP contribution in [0.5, 0.6) is 17.2 Å². The van der Waals surface area contributed by atoms with E-state index in [1.54, 1.807) is 26.4 Å². The highest BCUT2D eigenvalue weighted by molar-refractivity contribution is 5.70. The molecule has 0 unspecified atom stereocenters. The Labute approximate surface area is 101 Å². The number of hydrogen-bond acceptors (Lipinski definition) is 5. The van der Waals surface area contributed by atoms with Gasteiger partial charge in [0.2, 0.25) is 0 Å². The lowest BCUT2D eigenvalue weighted by Crippen LogP contribution is -2.43. The van der Waals surface area contributed by atoms with Gasteiger partial charge in [0.1, 0.15) is 22.9 Å². The standard InChI is InChI=1S/C12H18N2O3/c1-16-9-7-10(15)12(11(8-9)17-2)14-5-3-13-4-6-14/h7-8,13,15H,3-6H2,1-2H3. The summed E-state index contributed by atoms with van der Waals surface area (Å²) in [4.78, 5) is 2.12. The number of piperazine rings is 1. The van der Waals surface area contributed by atoms with Crippen LogP contribution in [0.15, 0.2) is 12.1 Å². The summed E-state index contributed by atoms with van der Waals surface area (Å²) >= 11 is 0. The van der Waals surface area contributed by atoms with Crippen molar-refractivity contribution in [2.24, 2.45) is 0 Å². The average Bonchev–Trinajstić information content (AvgIpc) is 2.38. The van der Waals surface area contributed by atoms with Crippen molar-refractivity contribution in [2.75, 3.05) is 45.3 Å². The second kappa shape index (κ2) is 5.14. The first kappa shape index (κ1) is 11.9. The van der Waals surface area contributed by atoms with Crippen molar-refractivity contribution in [1.82, 2.24) is 5.32 Å². The topological polar surface area (TPSA) is 54.0 Å². The molecule has 0 aliphatic carbocycles. The van der Waals surface area contributed by atoms with Gasteiger partial charge < -0.3 is 24.8 Å². The van der Waals surface area contributed by atoms with E-state index in [-0.39, 0.29) is 5.75 Å². The van der Waals surface area contributed by atoms with Crippen molar-refractivity contribution >= 4 is 5.69 Å². The van der Waals surface area contributed by atoms with E-state index in [0.29, 0.717) is 11.5 Å². The summed E-state index contributed by atoms with van der Waals surface area (Å²) in [6.45, 7) is 3.54. The summed E-state index contributed by atoms with van der Waals surface area (Å²) in [5.74, 6) is 1.44. The van der Waals surface area contributed by atoms with Crippen LogP contribution in [0.4, 0.5) is 5.69 Å². The summed E-state index contributed by atoms with van der Waals surface area (Å²) in [6, 6.07) is 3.40. The number of ether oxygens (including phenoxy) is 2. The number of rotatable bonds is 3. The van der Waals surface area contributed by atoms with Gasteiger partial charge in [-0.15, -0.1) is 0 Å². The highest BCUT2D eigenvalue weighted by Gasteiger charge is 2.19. The molecular formula is C12H18N2O3. The molecule has 94 valence electrons. The number of aromatic hydroxyl groups is 1. The summed E-state index contributed by atoms with van der Waals surface area (Å²) in [7, 11) is 3.17. The van der Waals surface area contributed by atoms with Gasteiger partial charge in [-0.3, -0.25) is 0 Å². The zero-order valence-corrected chi connectivity index (χ0v) is 10.2. The van der Waals surface area contributed by atoms with Gasteiger partial charge in [-0.25, -0.2) is 0 Å². The van der Waals surface area contributed by atoms with Crippen LogP contribution in [0.25, 0.3) is 0 Å². The monoisotopic (exact) mass is 238 g/mol. The smallest absolute Gasteiger partial charge is 0.149 e. The molecular weight excluding hydrogens is 220 g/mol. The van der Waals surface area contributed by atoms with E-state index in [0.717, 1.165) is 31.9 Å². The maximum Gasteiger partial charge on any atom is 0.149 e. The van der Waals surface area contributed by atoms with Gasteiger partial charge in [0, 0.05) is 38.3 Å². The van der Waals surface area contributed by atoms with Gasteiger partial charge in [0.15, 0.2) is 0 Å². The van der Waals surface area contributed by atoms with Crippen molar-refractivity contribution in [2.45, 2.75) is 0 Å². The van der Waals surface area contributed by atoms with Gasteiger partial charge in [-0.2, -0.15) is 0 Å². The Bertz CT molecular complexity index is 390. The number of anilines is 1. The molecule has 0 bridgehead atoms. The minimum atomic E-state index is 0.197. The van der Waals surface area contributed by atoms with Crippen LogP contribution < -0.4 is 19.7 Å². The summed E-state index contributed by atoms with van der Waals surface area (Å²) in [5, 5.41) is 13.3. The first-order chi connectivity index (χ1) is 8.26. The van der Waals surface area contributed by atoms with Crippen molar-refractivity contribution in [3.05, 3.63) is 12.1 Å². The molecule has 0 atom stereocenters. The molecule has 1 saturated heterocycles. The zero-order chi connectivity index (χ0) is 12.3. The van der Waals surface area contributed by atoms with Crippen LogP contribution in [0.1, 0.15) is 0 Å². The van der Waals surface area contributed by atoms with Crippen LogP contribution in [0, 0.1) is 0 Å². The first-order valence-electron chi connectivity index (χ1n) is 5.67. The summed E-state index contributed by atoms with van der Waals surface area (Å²) in [6.07, 6.45) is 0. The van der Waals surface area contributed by atoms with Gasteiger partial charge >= 0.3 is 0 Å². The summed E-state index contributed by atoms with van der Waals surface area (Å²) in [5.41, 5.74) is 0.745. The third kappa shape index (κ3) is 2.39. The van der Waals surface area contributed by atoms with E-state index in [1.165, 1.54) is 0 Å². The SMILES string of the molecule is COc1cc(O)c(N2CCNCC2)c(OC)c1. The van der Waals surface area contributed by atoms with Crippen LogP contribution in [-0.4, -0.2) is 45.5 Å². The highest BCUT2D eigenvalue weighted by atomic mass is 16.5. The molecule has 0 radical (unpaired) electrons. The maximum atomic E-state index is 10.1. The third-order valence-corrected chi connectivity index (χ3v) is 2.92. The number of methoxy groups -OCH3 is 2. The largest absolute Gasteiger partial charge is 0.505 e. The maximum absolute atomic E-state index is 10.1. The van der Waals surface area contributed by atoms with Crippen LogP contribution in [0.3, 0.4) is 0 Å². The van der Waals surface area contributed by atoms with Crippen LogP contribution in [-0.2, 0) is 0 Å². The second-order valence-corrected chi connectivity index (χ2v) is 3.93. The quantitative estimate of drug-likeness (QED) is 0.816. The van der Waals surface area contributed by atoms with Crippen LogP contribution in [0.2, 0.25) is 0 Å². The predicted octanol–water partition coefficient (Wildman–Crippen LogP) is 0.819. The lowest BCUT2D eigenvalue weighted by Gasteiger charge is -2.31. The Kier molecular flexibility index (Phi) is 3.58. The van der Waals surface area contributed by atoms with E-state index in [4.69, 9.17) is 9.47 Å². The van der Waals surface area contributed by atoms with Gasteiger partial charge in [0.05, 0.1) is 14.2 Å². The number of phenolic OH excluding ortho intramolecular Hbond substituents is 1. The van der Waals surface area contributed by atoms with Crippen molar-refractivity contribution in [3.8, 4) is 17.2 Å². The van der Waals surface area contributed by atoms with E-state index < -0.39 is 0 Å². The van der Waals surface area contributed by atoms with Crippen molar-refractivity contribution < 1.29 is 14.6 Å². The molecule has 17 heavy (non-hydrogen) atoms. The van der Waals surface area contributed by atoms with Crippen LogP contribution >= 0.6 is 0 Å². The molecule has 0 amide bonds. The average molecular weight is 238 g/mol. The molecule has 1 heterocycles. The van der Waals surface area contributed by atoms with E-state index >= 15 is 0 Å². The lowest BCUT2D eigenvalue weighted by molar-refractivity contribution is 0.383.